The molecule has 8 heteroatoms. The molecule has 1 aliphatic carbocycles. The Balaban J connectivity index is 1.44. The van der Waals surface area contributed by atoms with Crippen molar-refractivity contribution in [1.29, 1.82) is 0 Å². The van der Waals surface area contributed by atoms with E-state index in [-0.39, 0.29) is 0 Å². The van der Waals surface area contributed by atoms with Crippen LogP contribution in [0.2, 0.25) is 0 Å². The monoisotopic (exact) mass is 334 g/mol. The van der Waals surface area contributed by atoms with Gasteiger partial charge in [0, 0.05) is 32.1 Å². The molecule has 2 heterocycles. The number of piperazine rings is 1. The number of benzene rings is 1. The molecular formula is C15H18N4O3S. The molecule has 1 saturated heterocycles. The molecular weight excluding hydrogens is 316 g/mol. The van der Waals surface area contributed by atoms with Gasteiger partial charge >= 0.3 is 6.01 Å². The third kappa shape index (κ3) is 2.84. The van der Waals surface area contributed by atoms with Crippen LogP contribution in [-0.2, 0) is 10.0 Å². The lowest BCUT2D eigenvalue weighted by Crippen LogP contribution is -2.48. The van der Waals surface area contributed by atoms with Crippen LogP contribution in [0.4, 0.5) is 6.01 Å². The van der Waals surface area contributed by atoms with Crippen LogP contribution in [0.25, 0.3) is 0 Å². The Bertz CT molecular complexity index is 778. The highest BCUT2D eigenvalue weighted by atomic mass is 32.2. The summed E-state index contributed by atoms with van der Waals surface area (Å²) in [5.41, 5.74) is 0. The molecule has 0 N–H and O–H groups in total. The molecule has 2 aromatic rings. The Hall–Kier alpha value is -1.93. The van der Waals surface area contributed by atoms with E-state index in [0.717, 1.165) is 18.7 Å². The topological polar surface area (TPSA) is 79.5 Å². The largest absolute Gasteiger partial charge is 0.324 e. The van der Waals surface area contributed by atoms with Crippen LogP contribution in [-0.4, -0.2) is 49.0 Å². The molecule has 7 nitrogen and oxygen atoms in total. The third-order valence-corrected chi connectivity index (χ3v) is 6.18. The zero-order valence-corrected chi connectivity index (χ0v) is 13.4. The average molecular weight is 334 g/mol. The van der Waals surface area contributed by atoms with E-state index in [1.54, 1.807) is 24.3 Å². The molecule has 2 fully saturated rings. The molecule has 0 spiro atoms. The van der Waals surface area contributed by atoms with E-state index in [2.05, 4.69) is 10.1 Å². The Kier molecular flexibility index (Phi) is 3.57. The fourth-order valence-electron chi connectivity index (χ4n) is 2.72. The van der Waals surface area contributed by atoms with E-state index < -0.39 is 10.0 Å². The summed E-state index contributed by atoms with van der Waals surface area (Å²) in [6.45, 7) is 1.94. The standard InChI is InChI=1S/C15H18N4O3S/c20-23(21,13-4-2-1-3-5-13)19-10-8-18(9-11-19)15-16-14(17-22-15)12-6-7-12/h1-5,12H,6-11H2. The summed E-state index contributed by atoms with van der Waals surface area (Å²) in [5.74, 6) is 1.23. The lowest BCUT2D eigenvalue weighted by Gasteiger charge is -2.32. The average Bonchev–Trinajstić information content (AvgIpc) is 3.33. The predicted octanol–water partition coefficient (Wildman–Crippen LogP) is 1.46. The molecule has 0 unspecified atom stereocenters. The maximum absolute atomic E-state index is 12.6. The summed E-state index contributed by atoms with van der Waals surface area (Å²) in [6.07, 6.45) is 2.25. The van der Waals surface area contributed by atoms with Crippen LogP contribution in [0.1, 0.15) is 24.6 Å². The van der Waals surface area contributed by atoms with Gasteiger partial charge in [-0.15, -0.1) is 0 Å². The van der Waals surface area contributed by atoms with Crippen molar-refractivity contribution >= 4 is 16.0 Å². The minimum Gasteiger partial charge on any atom is -0.322 e. The van der Waals surface area contributed by atoms with Crippen molar-refractivity contribution < 1.29 is 12.9 Å². The van der Waals surface area contributed by atoms with E-state index in [0.29, 0.717) is 43.0 Å². The van der Waals surface area contributed by atoms with E-state index in [9.17, 15) is 8.42 Å². The van der Waals surface area contributed by atoms with Crippen LogP contribution in [0, 0.1) is 0 Å². The van der Waals surface area contributed by atoms with Crippen molar-refractivity contribution in [2.75, 3.05) is 31.1 Å². The normalized spacial score (nSPS) is 19.9. The number of hydrogen-bond donors (Lipinski definition) is 0. The molecule has 0 radical (unpaired) electrons. The first-order chi connectivity index (χ1) is 11.1. The van der Waals surface area contributed by atoms with Gasteiger partial charge in [0.1, 0.15) is 0 Å². The fourth-order valence-corrected chi connectivity index (χ4v) is 4.17. The molecule has 122 valence electrons. The molecule has 1 saturated carbocycles. The molecule has 4 rings (SSSR count). The molecule has 1 aromatic heterocycles. The van der Waals surface area contributed by atoms with Crippen LogP contribution >= 0.6 is 0 Å². The van der Waals surface area contributed by atoms with Gasteiger partial charge < -0.3 is 9.42 Å². The molecule has 2 aliphatic rings. The van der Waals surface area contributed by atoms with Gasteiger partial charge in [0.15, 0.2) is 5.82 Å². The summed E-state index contributed by atoms with van der Waals surface area (Å²) >= 11 is 0. The quantitative estimate of drug-likeness (QED) is 0.842. The lowest BCUT2D eigenvalue weighted by atomic mass is 10.4. The van der Waals surface area contributed by atoms with Gasteiger partial charge in [-0.25, -0.2) is 8.42 Å². The Morgan fingerprint density at radius 2 is 1.74 bits per heavy atom. The van der Waals surface area contributed by atoms with Gasteiger partial charge in [0.05, 0.1) is 4.90 Å². The van der Waals surface area contributed by atoms with Gasteiger partial charge in [0.2, 0.25) is 10.0 Å². The first-order valence-corrected chi connectivity index (χ1v) is 9.22. The van der Waals surface area contributed by atoms with Crippen LogP contribution in [0.3, 0.4) is 0 Å². The Morgan fingerprint density at radius 3 is 2.39 bits per heavy atom. The molecule has 1 aromatic carbocycles. The van der Waals surface area contributed by atoms with Gasteiger partial charge in [-0.05, 0) is 25.0 Å². The maximum atomic E-state index is 12.6. The van der Waals surface area contributed by atoms with Crippen molar-refractivity contribution in [3.8, 4) is 0 Å². The van der Waals surface area contributed by atoms with Crippen molar-refractivity contribution in [2.45, 2.75) is 23.7 Å². The highest BCUT2D eigenvalue weighted by molar-refractivity contribution is 7.89. The lowest BCUT2D eigenvalue weighted by molar-refractivity contribution is 0.353. The zero-order valence-electron chi connectivity index (χ0n) is 12.6. The highest BCUT2D eigenvalue weighted by Gasteiger charge is 2.32. The number of hydrogen-bond acceptors (Lipinski definition) is 6. The van der Waals surface area contributed by atoms with Gasteiger partial charge in [-0.3, -0.25) is 0 Å². The summed E-state index contributed by atoms with van der Waals surface area (Å²) in [7, 11) is -3.43. The van der Waals surface area contributed by atoms with Crippen molar-refractivity contribution in [1.82, 2.24) is 14.4 Å². The smallest absolute Gasteiger partial charge is 0.322 e. The third-order valence-electron chi connectivity index (χ3n) is 4.26. The summed E-state index contributed by atoms with van der Waals surface area (Å²) in [4.78, 5) is 6.71. The van der Waals surface area contributed by atoms with E-state index >= 15 is 0 Å². The predicted molar refractivity (Wildman–Crippen MR) is 83.7 cm³/mol. The maximum Gasteiger partial charge on any atom is 0.324 e. The zero-order chi connectivity index (χ0) is 15.9. The number of anilines is 1. The van der Waals surface area contributed by atoms with Crippen molar-refractivity contribution in [3.05, 3.63) is 36.2 Å². The molecule has 0 amide bonds. The summed E-state index contributed by atoms with van der Waals surface area (Å²) in [6, 6.07) is 9.04. The van der Waals surface area contributed by atoms with Gasteiger partial charge in [0.25, 0.3) is 0 Å². The van der Waals surface area contributed by atoms with E-state index in [1.165, 1.54) is 4.31 Å². The van der Waals surface area contributed by atoms with E-state index in [1.807, 2.05) is 11.0 Å². The number of rotatable bonds is 4. The van der Waals surface area contributed by atoms with Crippen LogP contribution in [0.15, 0.2) is 39.8 Å². The molecule has 0 bridgehead atoms. The summed E-state index contributed by atoms with van der Waals surface area (Å²) < 4.78 is 32.0. The second-order valence-corrected chi connectivity index (χ2v) is 7.85. The summed E-state index contributed by atoms with van der Waals surface area (Å²) in [5, 5.41) is 4.01. The minimum atomic E-state index is -3.43. The van der Waals surface area contributed by atoms with Crippen LogP contribution < -0.4 is 4.90 Å². The molecule has 0 atom stereocenters. The highest BCUT2D eigenvalue weighted by Crippen LogP contribution is 2.38. The number of nitrogens with zero attached hydrogens (tertiary/aromatic N) is 4. The van der Waals surface area contributed by atoms with Gasteiger partial charge in [-0.2, -0.15) is 9.29 Å². The Morgan fingerprint density at radius 1 is 1.04 bits per heavy atom. The second-order valence-electron chi connectivity index (χ2n) is 5.91. The first kappa shape index (κ1) is 14.6. The van der Waals surface area contributed by atoms with Crippen molar-refractivity contribution in [3.63, 3.8) is 0 Å². The Labute approximate surface area is 134 Å². The minimum absolute atomic E-state index is 0.335. The van der Waals surface area contributed by atoms with Crippen LogP contribution in [0.5, 0.6) is 0 Å². The SMILES string of the molecule is O=S(=O)(c1ccccc1)N1CCN(c2nc(C3CC3)no2)CC1. The fraction of sp³-hybridized carbons (Fsp3) is 0.467. The second kappa shape index (κ2) is 5.61. The molecule has 1 aliphatic heterocycles. The molecule has 23 heavy (non-hydrogen) atoms. The van der Waals surface area contributed by atoms with Gasteiger partial charge in [-0.1, -0.05) is 23.4 Å². The van der Waals surface area contributed by atoms with Crippen molar-refractivity contribution in [2.24, 2.45) is 0 Å². The number of sulfonamides is 1. The van der Waals surface area contributed by atoms with E-state index in [4.69, 9.17) is 4.52 Å². The first-order valence-electron chi connectivity index (χ1n) is 7.78. The number of aromatic nitrogens is 2.